The monoisotopic (exact) mass is 225 g/mol. The summed E-state index contributed by atoms with van der Waals surface area (Å²) in [6, 6.07) is 0. The minimum absolute atomic E-state index is 0.229. The Hall–Kier alpha value is -1.36. The quantitative estimate of drug-likeness (QED) is 0.769. The molecule has 1 heterocycles. The van der Waals surface area contributed by atoms with Gasteiger partial charge in [0.15, 0.2) is 0 Å². The Morgan fingerprint density at radius 2 is 1.94 bits per heavy atom. The molecular weight excluding hydrogens is 206 g/mol. The average Bonchev–Trinajstić information content (AvgIpc) is 2.24. The van der Waals surface area contributed by atoms with Crippen molar-refractivity contribution in [2.75, 3.05) is 26.1 Å². The van der Waals surface area contributed by atoms with Gasteiger partial charge in [0.25, 0.3) is 0 Å². The first-order valence-corrected chi connectivity index (χ1v) is 5.32. The van der Waals surface area contributed by atoms with Gasteiger partial charge in [0.05, 0.1) is 12.2 Å². The number of nitrogens with two attached hydrogens (primary N) is 1. The van der Waals surface area contributed by atoms with E-state index in [1.165, 1.54) is 0 Å². The van der Waals surface area contributed by atoms with Crippen molar-refractivity contribution in [1.29, 1.82) is 0 Å². The first kappa shape index (κ1) is 12.7. The number of methoxy groups -OCH3 is 1. The number of hydrogen-bond donors (Lipinski definition) is 1. The van der Waals surface area contributed by atoms with Gasteiger partial charge in [0.1, 0.15) is 18.2 Å². The van der Waals surface area contributed by atoms with Crippen molar-refractivity contribution in [3.8, 4) is 5.88 Å². The molecule has 0 radical (unpaired) electrons. The molecule has 0 aliphatic rings. The van der Waals surface area contributed by atoms with Gasteiger partial charge >= 0.3 is 0 Å². The van der Waals surface area contributed by atoms with Gasteiger partial charge < -0.3 is 15.2 Å². The molecule has 0 unspecified atom stereocenters. The third-order valence-corrected chi connectivity index (χ3v) is 2.20. The molecular formula is C11H19N3O2. The Morgan fingerprint density at radius 3 is 2.50 bits per heavy atom. The van der Waals surface area contributed by atoms with Crippen LogP contribution >= 0.6 is 0 Å². The van der Waals surface area contributed by atoms with Crippen LogP contribution in [0.4, 0.5) is 5.82 Å². The lowest BCUT2D eigenvalue weighted by Gasteiger charge is -2.12. The lowest BCUT2D eigenvalue weighted by atomic mass is 10.2. The predicted octanol–water partition coefficient (Wildman–Crippen LogP) is 1.52. The van der Waals surface area contributed by atoms with E-state index in [1.807, 2.05) is 20.8 Å². The van der Waals surface area contributed by atoms with E-state index in [-0.39, 0.29) is 5.92 Å². The number of nitrogens with zero attached hydrogens (tertiary/aromatic N) is 2. The second-order valence-corrected chi connectivity index (χ2v) is 3.89. The number of anilines is 1. The third-order valence-electron chi connectivity index (χ3n) is 2.20. The van der Waals surface area contributed by atoms with Crippen LogP contribution in [0, 0.1) is 6.92 Å². The Morgan fingerprint density at radius 1 is 1.25 bits per heavy atom. The summed E-state index contributed by atoms with van der Waals surface area (Å²) in [4.78, 5) is 8.55. The van der Waals surface area contributed by atoms with Crippen LogP contribution in [0.2, 0.25) is 0 Å². The Labute approximate surface area is 96.0 Å². The molecule has 5 heteroatoms. The Bertz CT molecular complexity index is 353. The molecule has 0 spiro atoms. The fraction of sp³-hybridized carbons (Fsp3) is 0.636. The molecule has 16 heavy (non-hydrogen) atoms. The Balaban J connectivity index is 2.88. The molecule has 0 aliphatic heterocycles. The van der Waals surface area contributed by atoms with Gasteiger partial charge in [0, 0.05) is 13.0 Å². The summed E-state index contributed by atoms with van der Waals surface area (Å²) >= 11 is 0. The van der Waals surface area contributed by atoms with Crippen LogP contribution in [0.3, 0.4) is 0 Å². The zero-order valence-corrected chi connectivity index (χ0v) is 10.3. The predicted molar refractivity (Wildman–Crippen MR) is 62.6 cm³/mol. The van der Waals surface area contributed by atoms with Crippen LogP contribution in [0.5, 0.6) is 5.88 Å². The lowest BCUT2D eigenvalue weighted by molar-refractivity contribution is 0.143. The average molecular weight is 225 g/mol. The van der Waals surface area contributed by atoms with E-state index in [2.05, 4.69) is 9.97 Å². The van der Waals surface area contributed by atoms with Crippen LogP contribution in [0.15, 0.2) is 0 Å². The van der Waals surface area contributed by atoms with Crippen LogP contribution in [-0.4, -0.2) is 30.3 Å². The molecule has 5 nitrogen and oxygen atoms in total. The van der Waals surface area contributed by atoms with Gasteiger partial charge in [-0.2, -0.15) is 4.98 Å². The van der Waals surface area contributed by atoms with Crippen LogP contribution < -0.4 is 10.5 Å². The first-order chi connectivity index (χ1) is 7.56. The van der Waals surface area contributed by atoms with Crippen molar-refractivity contribution in [2.45, 2.75) is 26.7 Å². The van der Waals surface area contributed by atoms with Gasteiger partial charge in [-0.05, 0) is 6.92 Å². The van der Waals surface area contributed by atoms with Crippen molar-refractivity contribution in [1.82, 2.24) is 9.97 Å². The second kappa shape index (κ2) is 5.65. The van der Waals surface area contributed by atoms with Crippen molar-refractivity contribution in [3.63, 3.8) is 0 Å². The number of nitrogen functional groups attached to an aromatic ring is 1. The molecule has 0 saturated heterocycles. The molecule has 90 valence electrons. The third kappa shape index (κ3) is 3.06. The van der Waals surface area contributed by atoms with Crippen molar-refractivity contribution >= 4 is 5.82 Å². The highest BCUT2D eigenvalue weighted by molar-refractivity contribution is 5.44. The van der Waals surface area contributed by atoms with E-state index < -0.39 is 0 Å². The van der Waals surface area contributed by atoms with E-state index in [1.54, 1.807) is 7.11 Å². The topological polar surface area (TPSA) is 70.3 Å². The fourth-order valence-electron chi connectivity index (χ4n) is 1.15. The highest BCUT2D eigenvalue weighted by atomic mass is 16.5. The van der Waals surface area contributed by atoms with Crippen LogP contribution in [0.25, 0.3) is 0 Å². The van der Waals surface area contributed by atoms with Crippen molar-refractivity contribution < 1.29 is 9.47 Å². The van der Waals surface area contributed by atoms with Gasteiger partial charge in [-0.25, -0.2) is 4.98 Å². The minimum atomic E-state index is 0.229. The van der Waals surface area contributed by atoms with E-state index >= 15 is 0 Å². The molecule has 1 aromatic rings. The summed E-state index contributed by atoms with van der Waals surface area (Å²) in [7, 11) is 1.63. The summed E-state index contributed by atoms with van der Waals surface area (Å²) in [6.45, 7) is 6.87. The second-order valence-electron chi connectivity index (χ2n) is 3.89. The summed E-state index contributed by atoms with van der Waals surface area (Å²) in [5.74, 6) is 1.96. The molecule has 0 saturated carbocycles. The molecule has 0 atom stereocenters. The number of ether oxygens (including phenoxy) is 2. The summed E-state index contributed by atoms with van der Waals surface area (Å²) in [6.07, 6.45) is 0. The normalized spacial score (nSPS) is 10.8. The van der Waals surface area contributed by atoms with Gasteiger partial charge in [-0.15, -0.1) is 0 Å². The number of hydrogen-bond acceptors (Lipinski definition) is 5. The number of rotatable bonds is 5. The summed E-state index contributed by atoms with van der Waals surface area (Å²) in [5.41, 5.74) is 6.58. The van der Waals surface area contributed by atoms with Crippen LogP contribution in [0.1, 0.15) is 31.2 Å². The molecule has 2 N–H and O–H groups in total. The van der Waals surface area contributed by atoms with Crippen molar-refractivity contribution in [2.24, 2.45) is 0 Å². The highest BCUT2D eigenvalue weighted by Crippen LogP contribution is 2.22. The van der Waals surface area contributed by atoms with E-state index in [4.69, 9.17) is 15.2 Å². The zero-order valence-electron chi connectivity index (χ0n) is 10.3. The molecule has 1 rings (SSSR count). The maximum atomic E-state index is 5.80. The SMILES string of the molecule is COCCOc1nc(C(C)C)nc(N)c1C. The molecule has 0 fully saturated rings. The van der Waals surface area contributed by atoms with Gasteiger partial charge in [-0.1, -0.05) is 13.8 Å². The van der Waals surface area contributed by atoms with Gasteiger partial charge in [0.2, 0.25) is 5.88 Å². The van der Waals surface area contributed by atoms with Gasteiger partial charge in [-0.3, -0.25) is 0 Å². The highest BCUT2D eigenvalue weighted by Gasteiger charge is 2.11. The molecule has 0 aromatic carbocycles. The Kier molecular flexibility index (Phi) is 4.49. The van der Waals surface area contributed by atoms with E-state index in [0.717, 1.165) is 5.56 Å². The molecule has 1 aromatic heterocycles. The van der Waals surface area contributed by atoms with Crippen molar-refractivity contribution in [3.05, 3.63) is 11.4 Å². The fourth-order valence-corrected chi connectivity index (χ4v) is 1.15. The summed E-state index contributed by atoms with van der Waals surface area (Å²) in [5, 5.41) is 0. The van der Waals surface area contributed by atoms with Crippen LogP contribution in [-0.2, 0) is 4.74 Å². The first-order valence-electron chi connectivity index (χ1n) is 5.32. The largest absolute Gasteiger partial charge is 0.475 e. The smallest absolute Gasteiger partial charge is 0.221 e. The maximum Gasteiger partial charge on any atom is 0.221 e. The molecule has 0 bridgehead atoms. The van der Waals surface area contributed by atoms with E-state index in [9.17, 15) is 0 Å². The lowest BCUT2D eigenvalue weighted by Crippen LogP contribution is -2.11. The molecule has 0 aliphatic carbocycles. The minimum Gasteiger partial charge on any atom is -0.475 e. The summed E-state index contributed by atoms with van der Waals surface area (Å²) < 4.78 is 10.4. The van der Waals surface area contributed by atoms with E-state index in [0.29, 0.717) is 30.7 Å². The standard InChI is InChI=1S/C11H19N3O2/c1-7(2)10-13-9(12)8(3)11(14-10)16-6-5-15-4/h7H,5-6H2,1-4H3,(H2,12,13,14). The molecule has 0 amide bonds. The maximum absolute atomic E-state index is 5.80. The zero-order chi connectivity index (χ0) is 12.1. The number of aromatic nitrogens is 2.